The number of sulfonamides is 1. The third-order valence-corrected chi connectivity index (χ3v) is 7.13. The Morgan fingerprint density at radius 3 is 2.09 bits per heavy atom. The molecule has 4 rings (SSSR count). The largest absolute Gasteiger partial charge is 0.273 e. The monoisotopic (exact) mass is 456 g/mol. The van der Waals surface area contributed by atoms with Crippen molar-refractivity contribution < 1.29 is 13.2 Å². The molecule has 0 heterocycles. The van der Waals surface area contributed by atoms with Crippen LogP contribution in [0.4, 0.5) is 0 Å². The second-order valence-electron chi connectivity index (χ2n) is 8.04. The standard InChI is InChI=1S/C27H24N2O3S/c28-17-7-1-2-12-26(24-14-13-20-8-3-5-10-22(20)18-24)27(30)29-33(31,32)25-16-15-21-9-4-6-11-23(21)19-25/h3-6,8-11,13-16,18-19,26H,1-2,7,12H2,(H,29,30). The van der Waals surface area contributed by atoms with Crippen LogP contribution in [0.1, 0.15) is 37.2 Å². The first-order valence-electron chi connectivity index (χ1n) is 10.9. The summed E-state index contributed by atoms with van der Waals surface area (Å²) in [6.45, 7) is 0. The van der Waals surface area contributed by atoms with Gasteiger partial charge in [-0.2, -0.15) is 5.26 Å². The third kappa shape index (κ3) is 5.21. The molecular formula is C27H24N2O3S. The summed E-state index contributed by atoms with van der Waals surface area (Å²) in [6, 6.07) is 28.0. The lowest BCUT2D eigenvalue weighted by Crippen LogP contribution is -2.34. The van der Waals surface area contributed by atoms with Crippen LogP contribution in [-0.2, 0) is 14.8 Å². The summed E-state index contributed by atoms with van der Waals surface area (Å²) in [6.07, 6.45) is 2.17. The Hall–Kier alpha value is -3.69. The van der Waals surface area contributed by atoms with E-state index in [1.807, 2.05) is 66.7 Å². The summed E-state index contributed by atoms with van der Waals surface area (Å²) in [4.78, 5) is 13.3. The van der Waals surface area contributed by atoms with Crippen molar-refractivity contribution in [2.45, 2.75) is 36.5 Å². The highest BCUT2D eigenvalue weighted by Gasteiger charge is 2.26. The van der Waals surface area contributed by atoms with Crippen molar-refractivity contribution in [3.8, 4) is 6.07 Å². The van der Waals surface area contributed by atoms with Gasteiger partial charge >= 0.3 is 0 Å². The number of carbonyl (C=O) groups excluding carboxylic acids is 1. The molecule has 4 aromatic carbocycles. The molecule has 0 bridgehead atoms. The number of nitriles is 1. The molecular weight excluding hydrogens is 432 g/mol. The Labute approximate surface area is 193 Å². The molecule has 1 amide bonds. The molecule has 0 aliphatic carbocycles. The molecule has 166 valence electrons. The van der Waals surface area contributed by atoms with Crippen LogP contribution in [0.3, 0.4) is 0 Å². The maximum atomic E-state index is 13.2. The molecule has 0 saturated heterocycles. The molecule has 0 spiro atoms. The maximum absolute atomic E-state index is 13.2. The number of benzene rings is 4. The van der Waals surface area contributed by atoms with E-state index in [-0.39, 0.29) is 4.90 Å². The predicted octanol–water partition coefficient (Wildman–Crippen LogP) is 5.67. The van der Waals surface area contributed by atoms with Gasteiger partial charge in [-0.05, 0) is 52.1 Å². The lowest BCUT2D eigenvalue weighted by molar-refractivity contribution is -0.121. The van der Waals surface area contributed by atoms with Gasteiger partial charge in [0.1, 0.15) is 0 Å². The Morgan fingerprint density at radius 1 is 0.818 bits per heavy atom. The molecule has 0 aromatic heterocycles. The molecule has 6 heteroatoms. The number of hydrogen-bond donors (Lipinski definition) is 1. The quantitative estimate of drug-likeness (QED) is 0.346. The van der Waals surface area contributed by atoms with Crippen molar-refractivity contribution in [3.05, 3.63) is 90.5 Å². The second kappa shape index (κ2) is 9.85. The number of hydrogen-bond acceptors (Lipinski definition) is 4. The highest BCUT2D eigenvalue weighted by Crippen LogP contribution is 2.27. The number of nitrogens with zero attached hydrogens (tertiary/aromatic N) is 1. The zero-order valence-electron chi connectivity index (χ0n) is 18.1. The van der Waals surface area contributed by atoms with Crippen molar-refractivity contribution in [1.82, 2.24) is 4.72 Å². The minimum Gasteiger partial charge on any atom is -0.273 e. The summed E-state index contributed by atoms with van der Waals surface area (Å²) >= 11 is 0. The summed E-state index contributed by atoms with van der Waals surface area (Å²) in [7, 11) is -4.03. The van der Waals surface area contributed by atoms with E-state index < -0.39 is 21.8 Å². The minimum atomic E-state index is -4.03. The van der Waals surface area contributed by atoms with Crippen LogP contribution in [0, 0.1) is 11.3 Å². The summed E-state index contributed by atoms with van der Waals surface area (Å²) in [5.41, 5.74) is 0.761. The highest BCUT2D eigenvalue weighted by atomic mass is 32.2. The summed E-state index contributed by atoms with van der Waals surface area (Å²) in [5, 5.41) is 12.6. The lowest BCUT2D eigenvalue weighted by Gasteiger charge is -2.18. The van der Waals surface area contributed by atoms with Crippen molar-refractivity contribution in [2.24, 2.45) is 0 Å². The van der Waals surface area contributed by atoms with Gasteiger partial charge < -0.3 is 0 Å². The van der Waals surface area contributed by atoms with Crippen molar-refractivity contribution in [2.75, 3.05) is 0 Å². The zero-order chi connectivity index (χ0) is 23.3. The fourth-order valence-corrected chi connectivity index (χ4v) is 5.08. The number of nitrogens with one attached hydrogen (secondary N) is 1. The lowest BCUT2D eigenvalue weighted by atomic mass is 9.91. The summed E-state index contributed by atoms with van der Waals surface area (Å²) in [5.74, 6) is -1.20. The van der Waals surface area contributed by atoms with Gasteiger partial charge in [0.05, 0.1) is 16.9 Å². The Morgan fingerprint density at radius 2 is 1.42 bits per heavy atom. The van der Waals surface area contributed by atoms with Gasteiger partial charge in [-0.25, -0.2) is 13.1 Å². The molecule has 4 aromatic rings. The van der Waals surface area contributed by atoms with E-state index in [0.717, 1.165) is 27.1 Å². The topological polar surface area (TPSA) is 87.0 Å². The number of rotatable bonds is 8. The van der Waals surface area contributed by atoms with Crippen LogP contribution < -0.4 is 4.72 Å². The molecule has 0 saturated carbocycles. The van der Waals surface area contributed by atoms with Gasteiger partial charge in [0.25, 0.3) is 10.0 Å². The van der Waals surface area contributed by atoms with Gasteiger partial charge in [0.2, 0.25) is 5.91 Å². The first kappa shape index (κ1) is 22.5. The van der Waals surface area contributed by atoms with E-state index in [2.05, 4.69) is 10.8 Å². The molecule has 0 radical (unpaired) electrons. The van der Waals surface area contributed by atoms with Gasteiger partial charge in [-0.15, -0.1) is 0 Å². The molecule has 1 unspecified atom stereocenters. The molecule has 0 aliphatic rings. The second-order valence-corrected chi connectivity index (χ2v) is 9.72. The molecule has 1 atom stereocenters. The van der Waals surface area contributed by atoms with Crippen LogP contribution in [0.5, 0.6) is 0 Å². The number of carbonyl (C=O) groups is 1. The van der Waals surface area contributed by atoms with Crippen LogP contribution in [0.2, 0.25) is 0 Å². The first-order chi connectivity index (χ1) is 16.0. The molecule has 0 aliphatic heterocycles. The van der Waals surface area contributed by atoms with Crippen LogP contribution in [-0.4, -0.2) is 14.3 Å². The fraction of sp³-hybridized carbons (Fsp3) is 0.185. The van der Waals surface area contributed by atoms with E-state index in [1.165, 1.54) is 6.07 Å². The maximum Gasteiger partial charge on any atom is 0.264 e. The molecule has 33 heavy (non-hydrogen) atoms. The van der Waals surface area contributed by atoms with Crippen LogP contribution >= 0.6 is 0 Å². The van der Waals surface area contributed by atoms with Crippen molar-refractivity contribution in [3.63, 3.8) is 0 Å². The zero-order valence-corrected chi connectivity index (χ0v) is 18.9. The third-order valence-electron chi connectivity index (χ3n) is 5.79. The van der Waals surface area contributed by atoms with Gasteiger partial charge in [-0.1, -0.05) is 79.2 Å². The fourth-order valence-electron chi connectivity index (χ4n) is 4.02. The number of fused-ring (bicyclic) bond motifs is 2. The molecule has 1 N–H and O–H groups in total. The van der Waals surface area contributed by atoms with E-state index >= 15 is 0 Å². The van der Waals surface area contributed by atoms with E-state index in [1.54, 1.807) is 12.1 Å². The summed E-state index contributed by atoms with van der Waals surface area (Å²) < 4.78 is 28.4. The van der Waals surface area contributed by atoms with Gasteiger partial charge in [-0.3, -0.25) is 4.79 Å². The normalized spacial score (nSPS) is 12.3. The van der Waals surface area contributed by atoms with E-state index in [9.17, 15) is 13.2 Å². The number of amides is 1. The minimum absolute atomic E-state index is 0.0521. The van der Waals surface area contributed by atoms with E-state index in [0.29, 0.717) is 25.7 Å². The first-order valence-corrected chi connectivity index (χ1v) is 12.4. The SMILES string of the molecule is N#CCCCCC(C(=O)NS(=O)(=O)c1ccc2ccccc2c1)c1ccc2ccccc2c1. The Bertz CT molecular complexity index is 1460. The van der Waals surface area contributed by atoms with Crippen molar-refractivity contribution in [1.29, 1.82) is 5.26 Å². The average Bonchev–Trinajstić information content (AvgIpc) is 2.83. The number of unbranched alkanes of at least 4 members (excludes halogenated alkanes) is 2. The molecule has 0 fully saturated rings. The Balaban J connectivity index is 1.62. The van der Waals surface area contributed by atoms with Gasteiger partial charge in [0.15, 0.2) is 0 Å². The smallest absolute Gasteiger partial charge is 0.264 e. The Kier molecular flexibility index (Phi) is 6.71. The molecule has 5 nitrogen and oxygen atoms in total. The highest BCUT2D eigenvalue weighted by molar-refractivity contribution is 7.90. The van der Waals surface area contributed by atoms with Crippen LogP contribution in [0.25, 0.3) is 21.5 Å². The van der Waals surface area contributed by atoms with Crippen molar-refractivity contribution >= 4 is 37.5 Å². The average molecular weight is 457 g/mol. The van der Waals surface area contributed by atoms with Gasteiger partial charge in [0, 0.05) is 6.42 Å². The van der Waals surface area contributed by atoms with Crippen LogP contribution in [0.15, 0.2) is 89.8 Å². The predicted molar refractivity (Wildman–Crippen MR) is 130 cm³/mol. The van der Waals surface area contributed by atoms with E-state index in [4.69, 9.17) is 5.26 Å².